The predicted molar refractivity (Wildman–Crippen MR) is 86.0 cm³/mol. The zero-order chi connectivity index (χ0) is 17.4. The monoisotopic (exact) mass is 348 g/mol. The molecule has 0 bridgehead atoms. The number of halogens is 1. The molecule has 3 aliphatic heterocycles. The highest BCUT2D eigenvalue weighted by atomic mass is 19.1. The summed E-state index contributed by atoms with van der Waals surface area (Å²) >= 11 is 0. The molecule has 25 heavy (non-hydrogen) atoms. The summed E-state index contributed by atoms with van der Waals surface area (Å²) in [5.74, 6) is -0.470. The third-order valence-corrected chi connectivity index (χ3v) is 5.14. The van der Waals surface area contributed by atoms with Gasteiger partial charge in [-0.3, -0.25) is 9.59 Å². The van der Waals surface area contributed by atoms with Crippen molar-refractivity contribution in [1.29, 1.82) is 0 Å². The van der Waals surface area contributed by atoms with Gasteiger partial charge in [0, 0.05) is 26.2 Å². The van der Waals surface area contributed by atoms with Crippen LogP contribution in [0.2, 0.25) is 0 Å². The van der Waals surface area contributed by atoms with Crippen LogP contribution in [0.1, 0.15) is 18.4 Å². The summed E-state index contributed by atoms with van der Waals surface area (Å²) in [4.78, 5) is 28.4. The highest BCUT2D eigenvalue weighted by Gasteiger charge is 2.45. The Morgan fingerprint density at radius 1 is 1.28 bits per heavy atom. The van der Waals surface area contributed by atoms with E-state index in [1.807, 2.05) is 0 Å². The average Bonchev–Trinajstić information content (AvgIpc) is 3.26. The maximum atomic E-state index is 13.4. The van der Waals surface area contributed by atoms with Crippen LogP contribution in [0.5, 0.6) is 0 Å². The molecule has 0 radical (unpaired) electrons. The molecule has 7 heteroatoms. The van der Waals surface area contributed by atoms with Crippen molar-refractivity contribution in [3.05, 3.63) is 35.6 Å². The lowest BCUT2D eigenvalue weighted by atomic mass is 10.1. The standard InChI is InChI=1S/C18H21FN2O4/c19-13-4-1-3-12(7-13)8-21-14-9-20(10-16(14)25-11-17(21)22)18(23)15-5-2-6-24-15/h1,3-4,7,14-16H,2,5-6,8-11H2/t14-,15-,16-/m1/s1. The van der Waals surface area contributed by atoms with Crippen LogP contribution in [0, 0.1) is 5.82 Å². The Hall–Kier alpha value is -1.99. The fraction of sp³-hybridized carbons (Fsp3) is 0.556. The van der Waals surface area contributed by atoms with E-state index in [4.69, 9.17) is 9.47 Å². The molecule has 3 heterocycles. The molecule has 0 aromatic heterocycles. The van der Waals surface area contributed by atoms with Crippen molar-refractivity contribution in [2.45, 2.75) is 37.6 Å². The number of hydrogen-bond acceptors (Lipinski definition) is 4. The van der Waals surface area contributed by atoms with Gasteiger partial charge in [-0.1, -0.05) is 12.1 Å². The van der Waals surface area contributed by atoms with Gasteiger partial charge < -0.3 is 19.3 Å². The molecule has 4 rings (SSSR count). The van der Waals surface area contributed by atoms with Gasteiger partial charge in [-0.15, -0.1) is 0 Å². The highest BCUT2D eigenvalue weighted by molar-refractivity contribution is 5.82. The van der Waals surface area contributed by atoms with Gasteiger partial charge in [-0.2, -0.15) is 0 Å². The summed E-state index contributed by atoms with van der Waals surface area (Å²) in [5, 5.41) is 0. The fourth-order valence-corrected chi connectivity index (χ4v) is 3.86. The number of rotatable bonds is 3. The number of fused-ring (bicyclic) bond motifs is 1. The van der Waals surface area contributed by atoms with Crippen LogP contribution in [0.4, 0.5) is 4.39 Å². The van der Waals surface area contributed by atoms with Crippen molar-refractivity contribution >= 4 is 11.8 Å². The Balaban J connectivity index is 1.48. The van der Waals surface area contributed by atoms with Gasteiger partial charge in [0.15, 0.2) is 0 Å². The number of likely N-dealkylation sites (tertiary alicyclic amines) is 1. The molecule has 1 aromatic carbocycles. The highest BCUT2D eigenvalue weighted by Crippen LogP contribution is 2.27. The van der Waals surface area contributed by atoms with E-state index >= 15 is 0 Å². The van der Waals surface area contributed by atoms with Crippen molar-refractivity contribution in [2.24, 2.45) is 0 Å². The number of carbonyl (C=O) groups is 2. The maximum absolute atomic E-state index is 13.4. The molecule has 3 fully saturated rings. The van der Waals surface area contributed by atoms with Gasteiger partial charge in [0.25, 0.3) is 5.91 Å². The first-order valence-corrected chi connectivity index (χ1v) is 8.68. The topological polar surface area (TPSA) is 59.1 Å². The molecule has 0 unspecified atom stereocenters. The minimum atomic E-state index is -0.368. The van der Waals surface area contributed by atoms with Crippen molar-refractivity contribution in [2.75, 3.05) is 26.3 Å². The van der Waals surface area contributed by atoms with Crippen LogP contribution in [0.25, 0.3) is 0 Å². The van der Waals surface area contributed by atoms with Crippen LogP contribution >= 0.6 is 0 Å². The first kappa shape index (κ1) is 16.5. The van der Waals surface area contributed by atoms with Crippen LogP contribution in [-0.2, 0) is 25.6 Å². The van der Waals surface area contributed by atoms with E-state index < -0.39 is 0 Å². The molecule has 0 aliphatic carbocycles. The van der Waals surface area contributed by atoms with E-state index in [1.165, 1.54) is 12.1 Å². The first-order chi connectivity index (χ1) is 12.1. The summed E-state index contributed by atoms with van der Waals surface area (Å²) in [6.07, 6.45) is 1.08. The summed E-state index contributed by atoms with van der Waals surface area (Å²) in [6, 6.07) is 6.04. The number of morpholine rings is 1. The Bertz CT molecular complexity index is 677. The molecule has 3 atom stereocenters. The third kappa shape index (κ3) is 3.26. The van der Waals surface area contributed by atoms with E-state index in [0.717, 1.165) is 18.4 Å². The van der Waals surface area contributed by atoms with E-state index in [0.29, 0.717) is 26.2 Å². The van der Waals surface area contributed by atoms with Gasteiger partial charge in [-0.25, -0.2) is 4.39 Å². The lowest BCUT2D eigenvalue weighted by Gasteiger charge is -2.36. The van der Waals surface area contributed by atoms with E-state index in [2.05, 4.69) is 0 Å². The zero-order valence-corrected chi connectivity index (χ0v) is 13.9. The molecule has 0 spiro atoms. The second-order valence-electron chi connectivity index (χ2n) is 6.81. The Morgan fingerprint density at radius 2 is 2.16 bits per heavy atom. The largest absolute Gasteiger partial charge is 0.368 e. The molecule has 3 saturated heterocycles. The molecule has 0 N–H and O–H groups in total. The number of benzene rings is 1. The van der Waals surface area contributed by atoms with Crippen LogP contribution in [-0.4, -0.2) is 66.2 Å². The molecular formula is C18H21FN2O4. The van der Waals surface area contributed by atoms with Gasteiger partial charge in [0.05, 0.1) is 12.1 Å². The lowest BCUT2D eigenvalue weighted by Crippen LogP contribution is -2.53. The quantitative estimate of drug-likeness (QED) is 0.816. The van der Waals surface area contributed by atoms with Crippen molar-refractivity contribution < 1.29 is 23.5 Å². The molecule has 2 amide bonds. The zero-order valence-electron chi connectivity index (χ0n) is 13.9. The molecular weight excluding hydrogens is 327 g/mol. The summed E-state index contributed by atoms with van der Waals surface area (Å²) < 4.78 is 24.6. The van der Waals surface area contributed by atoms with Gasteiger partial charge in [-0.05, 0) is 30.5 Å². The Labute approximate surface area is 145 Å². The van der Waals surface area contributed by atoms with Crippen LogP contribution in [0.3, 0.4) is 0 Å². The van der Waals surface area contributed by atoms with Gasteiger partial charge in [0.2, 0.25) is 5.91 Å². The normalized spacial score (nSPS) is 29.2. The smallest absolute Gasteiger partial charge is 0.251 e. The summed E-state index contributed by atoms with van der Waals surface area (Å²) in [7, 11) is 0. The number of ether oxygens (including phenoxy) is 2. The van der Waals surface area contributed by atoms with Gasteiger partial charge in [0.1, 0.15) is 18.5 Å². The molecule has 0 saturated carbocycles. The number of hydrogen-bond donors (Lipinski definition) is 0. The fourth-order valence-electron chi connectivity index (χ4n) is 3.86. The second kappa shape index (κ2) is 6.72. The Morgan fingerprint density at radius 3 is 2.92 bits per heavy atom. The molecule has 134 valence electrons. The van der Waals surface area contributed by atoms with E-state index in [-0.39, 0.29) is 42.5 Å². The second-order valence-corrected chi connectivity index (χ2v) is 6.81. The SMILES string of the molecule is O=C([C@H]1CCCO1)N1C[C@@H]2[C@@H](C1)OCC(=O)N2Cc1cccc(F)c1. The predicted octanol–water partition coefficient (Wildman–Crippen LogP) is 0.943. The van der Waals surface area contributed by atoms with Crippen molar-refractivity contribution in [3.8, 4) is 0 Å². The third-order valence-electron chi connectivity index (χ3n) is 5.14. The average molecular weight is 348 g/mol. The molecule has 1 aromatic rings. The number of carbonyl (C=O) groups excluding carboxylic acids is 2. The van der Waals surface area contributed by atoms with Crippen LogP contribution in [0.15, 0.2) is 24.3 Å². The van der Waals surface area contributed by atoms with Crippen molar-refractivity contribution in [3.63, 3.8) is 0 Å². The number of nitrogens with zero attached hydrogens (tertiary/aromatic N) is 2. The van der Waals surface area contributed by atoms with Gasteiger partial charge >= 0.3 is 0 Å². The van der Waals surface area contributed by atoms with E-state index in [1.54, 1.807) is 21.9 Å². The molecule has 3 aliphatic rings. The summed E-state index contributed by atoms with van der Waals surface area (Å²) in [5.41, 5.74) is 0.734. The van der Waals surface area contributed by atoms with Crippen molar-refractivity contribution in [1.82, 2.24) is 9.80 Å². The minimum absolute atomic E-state index is 0.00155. The molecule has 6 nitrogen and oxygen atoms in total. The number of amides is 2. The minimum Gasteiger partial charge on any atom is -0.368 e. The van der Waals surface area contributed by atoms with Crippen LogP contribution < -0.4 is 0 Å². The first-order valence-electron chi connectivity index (χ1n) is 8.68. The summed E-state index contributed by atoms with van der Waals surface area (Å²) in [6.45, 7) is 1.85. The lowest BCUT2D eigenvalue weighted by molar-refractivity contribution is -0.153. The maximum Gasteiger partial charge on any atom is 0.251 e. The Kier molecular flexibility index (Phi) is 4.43. The van der Waals surface area contributed by atoms with E-state index in [9.17, 15) is 14.0 Å².